The summed E-state index contributed by atoms with van der Waals surface area (Å²) in [7, 11) is 0. The molecule has 0 amide bonds. The van der Waals surface area contributed by atoms with Crippen molar-refractivity contribution in [2.24, 2.45) is 0 Å². The van der Waals surface area contributed by atoms with Crippen LogP contribution in [0.1, 0.15) is 11.6 Å². The van der Waals surface area contributed by atoms with Crippen molar-refractivity contribution in [2.45, 2.75) is 12.6 Å². The molecule has 1 atom stereocenters. The average molecular weight is 257 g/mol. The minimum atomic E-state index is 0.436. The molecule has 0 aliphatic carbocycles. The molecule has 1 saturated heterocycles. The van der Waals surface area contributed by atoms with Crippen molar-refractivity contribution in [3.63, 3.8) is 0 Å². The maximum absolute atomic E-state index is 4.14. The highest BCUT2D eigenvalue weighted by Crippen LogP contribution is 2.16. The summed E-state index contributed by atoms with van der Waals surface area (Å²) in [5.41, 5.74) is 1.37. The second-order valence-corrected chi connectivity index (χ2v) is 4.88. The first kappa shape index (κ1) is 12.3. The van der Waals surface area contributed by atoms with Crippen LogP contribution in [0.4, 0.5) is 0 Å². The summed E-state index contributed by atoms with van der Waals surface area (Å²) >= 11 is 0. The average Bonchev–Trinajstić information content (AvgIpc) is 3.00. The Balaban J connectivity index is 1.56. The van der Waals surface area contributed by atoms with Gasteiger partial charge in [-0.2, -0.15) is 5.10 Å². The van der Waals surface area contributed by atoms with Crippen LogP contribution < -0.4 is 5.32 Å². The number of piperazine rings is 1. The molecule has 3 rings (SSSR count). The summed E-state index contributed by atoms with van der Waals surface area (Å²) in [4.78, 5) is 6.45. The smallest absolute Gasteiger partial charge is 0.137 e. The van der Waals surface area contributed by atoms with E-state index >= 15 is 0 Å². The highest BCUT2D eigenvalue weighted by atomic mass is 15.3. The molecular weight excluding hydrogens is 238 g/mol. The van der Waals surface area contributed by atoms with Gasteiger partial charge in [0, 0.05) is 32.2 Å². The summed E-state index contributed by atoms with van der Waals surface area (Å²) in [6.45, 7) is 5.11. The zero-order chi connectivity index (χ0) is 12.9. The predicted molar refractivity (Wildman–Crippen MR) is 73.6 cm³/mol. The quantitative estimate of drug-likeness (QED) is 0.885. The molecule has 0 radical (unpaired) electrons. The monoisotopic (exact) mass is 257 g/mol. The number of hydrogen-bond acceptors (Lipinski definition) is 4. The normalized spacial score (nSPS) is 20.5. The first-order chi connectivity index (χ1) is 9.42. The van der Waals surface area contributed by atoms with Gasteiger partial charge in [-0.25, -0.2) is 4.98 Å². The highest BCUT2D eigenvalue weighted by Gasteiger charge is 2.20. The summed E-state index contributed by atoms with van der Waals surface area (Å²) in [6, 6.07) is 11.1. The molecule has 1 aromatic heterocycles. The molecule has 1 N–H and O–H groups in total. The summed E-state index contributed by atoms with van der Waals surface area (Å²) in [5, 5.41) is 7.72. The minimum Gasteiger partial charge on any atom is -0.308 e. The third-order valence-electron chi connectivity index (χ3n) is 3.57. The zero-order valence-corrected chi connectivity index (χ0v) is 10.9. The van der Waals surface area contributed by atoms with E-state index in [9.17, 15) is 0 Å². The van der Waals surface area contributed by atoms with Crippen LogP contribution in [0.15, 0.2) is 43.0 Å². The third kappa shape index (κ3) is 3.19. The van der Waals surface area contributed by atoms with Crippen molar-refractivity contribution >= 4 is 0 Å². The second-order valence-electron chi connectivity index (χ2n) is 4.88. The SMILES string of the molecule is c1ccc([C@@H]2CN(CCn3cncn3)CCN2)cc1. The second kappa shape index (κ2) is 5.95. The molecular formula is C14H19N5. The topological polar surface area (TPSA) is 46.0 Å². The number of nitrogens with one attached hydrogen (secondary N) is 1. The van der Waals surface area contributed by atoms with Gasteiger partial charge in [-0.05, 0) is 5.56 Å². The predicted octanol–water partition coefficient (Wildman–Crippen LogP) is 0.925. The van der Waals surface area contributed by atoms with E-state index in [2.05, 4.69) is 50.6 Å². The first-order valence-electron chi connectivity index (χ1n) is 6.75. The van der Waals surface area contributed by atoms with Gasteiger partial charge in [-0.15, -0.1) is 0 Å². The van der Waals surface area contributed by atoms with Gasteiger partial charge >= 0.3 is 0 Å². The lowest BCUT2D eigenvalue weighted by Gasteiger charge is -2.33. The standard InChI is InChI=1S/C14H19N5/c1-2-4-13(5-3-1)14-10-18(7-6-16-14)8-9-19-12-15-11-17-19/h1-5,11-12,14,16H,6-10H2/t14-/m0/s1. The molecule has 5 nitrogen and oxygen atoms in total. The van der Waals surface area contributed by atoms with E-state index in [-0.39, 0.29) is 0 Å². The van der Waals surface area contributed by atoms with E-state index in [1.807, 2.05) is 4.68 Å². The van der Waals surface area contributed by atoms with E-state index in [4.69, 9.17) is 0 Å². The number of nitrogens with zero attached hydrogens (tertiary/aromatic N) is 4. The summed E-state index contributed by atoms with van der Waals surface area (Å²) in [5.74, 6) is 0. The maximum atomic E-state index is 4.14. The molecule has 1 aliphatic heterocycles. The van der Waals surface area contributed by atoms with Crippen LogP contribution in [0, 0.1) is 0 Å². The van der Waals surface area contributed by atoms with Crippen molar-refractivity contribution in [1.82, 2.24) is 25.0 Å². The fourth-order valence-electron chi connectivity index (χ4n) is 2.51. The molecule has 0 spiro atoms. The number of aromatic nitrogens is 3. The van der Waals surface area contributed by atoms with Gasteiger partial charge in [-0.3, -0.25) is 9.58 Å². The first-order valence-corrected chi connectivity index (χ1v) is 6.75. The molecule has 0 unspecified atom stereocenters. The molecule has 5 heteroatoms. The lowest BCUT2D eigenvalue weighted by Crippen LogP contribution is -2.46. The zero-order valence-electron chi connectivity index (χ0n) is 10.9. The third-order valence-corrected chi connectivity index (χ3v) is 3.57. The Morgan fingerprint density at radius 1 is 1.21 bits per heavy atom. The number of rotatable bonds is 4. The number of hydrogen-bond donors (Lipinski definition) is 1. The van der Waals surface area contributed by atoms with Crippen molar-refractivity contribution in [3.05, 3.63) is 48.5 Å². The van der Waals surface area contributed by atoms with Crippen LogP contribution in [-0.4, -0.2) is 45.8 Å². The van der Waals surface area contributed by atoms with E-state index < -0.39 is 0 Å². The van der Waals surface area contributed by atoms with E-state index in [1.54, 1.807) is 12.7 Å². The van der Waals surface area contributed by atoms with Crippen molar-refractivity contribution in [3.8, 4) is 0 Å². The minimum absolute atomic E-state index is 0.436. The summed E-state index contributed by atoms with van der Waals surface area (Å²) < 4.78 is 1.89. The van der Waals surface area contributed by atoms with Crippen molar-refractivity contribution in [2.75, 3.05) is 26.2 Å². The van der Waals surface area contributed by atoms with Gasteiger partial charge in [0.05, 0.1) is 6.54 Å². The lowest BCUT2D eigenvalue weighted by atomic mass is 10.0. The Morgan fingerprint density at radius 3 is 2.89 bits per heavy atom. The highest BCUT2D eigenvalue weighted by molar-refractivity contribution is 5.19. The number of benzene rings is 1. The van der Waals surface area contributed by atoms with E-state index in [0.717, 1.165) is 32.7 Å². The fraction of sp³-hybridized carbons (Fsp3) is 0.429. The molecule has 2 aromatic rings. The largest absolute Gasteiger partial charge is 0.308 e. The van der Waals surface area contributed by atoms with Crippen LogP contribution in [-0.2, 0) is 6.54 Å². The Kier molecular flexibility index (Phi) is 3.86. The Bertz CT molecular complexity index is 482. The Morgan fingerprint density at radius 2 is 2.11 bits per heavy atom. The van der Waals surface area contributed by atoms with Crippen LogP contribution in [0.25, 0.3) is 0 Å². The van der Waals surface area contributed by atoms with E-state index in [1.165, 1.54) is 5.56 Å². The van der Waals surface area contributed by atoms with Crippen molar-refractivity contribution < 1.29 is 0 Å². The Hall–Kier alpha value is -1.72. The van der Waals surface area contributed by atoms with Gasteiger partial charge in [0.25, 0.3) is 0 Å². The molecule has 2 heterocycles. The molecule has 1 fully saturated rings. The van der Waals surface area contributed by atoms with Gasteiger partial charge in [0.2, 0.25) is 0 Å². The van der Waals surface area contributed by atoms with E-state index in [0.29, 0.717) is 6.04 Å². The molecule has 0 saturated carbocycles. The van der Waals surface area contributed by atoms with Gasteiger partial charge < -0.3 is 5.32 Å². The maximum Gasteiger partial charge on any atom is 0.137 e. The molecule has 1 aliphatic rings. The van der Waals surface area contributed by atoms with Crippen LogP contribution >= 0.6 is 0 Å². The fourth-order valence-corrected chi connectivity index (χ4v) is 2.51. The van der Waals surface area contributed by atoms with Crippen LogP contribution in [0.5, 0.6) is 0 Å². The van der Waals surface area contributed by atoms with Crippen LogP contribution in [0.2, 0.25) is 0 Å². The van der Waals surface area contributed by atoms with Gasteiger partial charge in [-0.1, -0.05) is 30.3 Å². The lowest BCUT2D eigenvalue weighted by molar-refractivity contribution is 0.192. The Labute approximate surface area is 113 Å². The van der Waals surface area contributed by atoms with Crippen LogP contribution in [0.3, 0.4) is 0 Å². The summed E-state index contributed by atoms with van der Waals surface area (Å²) in [6.07, 6.45) is 3.36. The molecule has 19 heavy (non-hydrogen) atoms. The molecule has 1 aromatic carbocycles. The van der Waals surface area contributed by atoms with Gasteiger partial charge in [0.1, 0.15) is 12.7 Å². The molecule has 0 bridgehead atoms. The van der Waals surface area contributed by atoms with Crippen molar-refractivity contribution in [1.29, 1.82) is 0 Å². The van der Waals surface area contributed by atoms with Gasteiger partial charge in [0.15, 0.2) is 0 Å². The molecule has 100 valence electrons.